The first kappa shape index (κ1) is 17.4. The van der Waals surface area contributed by atoms with E-state index in [1.807, 2.05) is 0 Å². The van der Waals surface area contributed by atoms with E-state index in [2.05, 4.69) is 4.99 Å². The summed E-state index contributed by atoms with van der Waals surface area (Å²) < 4.78 is 37.2. The minimum absolute atomic E-state index is 0.0636. The highest BCUT2D eigenvalue weighted by molar-refractivity contribution is 6.13. The summed E-state index contributed by atoms with van der Waals surface area (Å²) in [5.74, 6) is -0.289. The van der Waals surface area contributed by atoms with Gasteiger partial charge < -0.3 is 5.73 Å². The molecule has 6 heteroatoms. The Labute approximate surface area is 111 Å². The first-order valence-electron chi connectivity index (χ1n) is 5.75. The van der Waals surface area contributed by atoms with Crippen molar-refractivity contribution < 1.29 is 18.0 Å². The van der Waals surface area contributed by atoms with Gasteiger partial charge in [-0.2, -0.15) is 13.2 Å². The number of alkyl halides is 3. The minimum Gasteiger partial charge on any atom is -0.395 e. The Bertz CT molecular complexity index is 443. The van der Waals surface area contributed by atoms with Crippen molar-refractivity contribution in [3.05, 3.63) is 22.9 Å². The quantitative estimate of drug-likeness (QED) is 0.634. The van der Waals surface area contributed by atoms with Crippen molar-refractivity contribution in [3.8, 4) is 0 Å². The van der Waals surface area contributed by atoms with E-state index in [0.717, 1.165) is 6.08 Å². The molecule has 0 saturated heterocycles. The summed E-state index contributed by atoms with van der Waals surface area (Å²) in [6, 6.07) is 0. The molecule has 19 heavy (non-hydrogen) atoms. The molecule has 0 rings (SSSR count). The summed E-state index contributed by atoms with van der Waals surface area (Å²) in [7, 11) is 1.36. The van der Waals surface area contributed by atoms with Crippen LogP contribution in [-0.2, 0) is 4.79 Å². The minimum atomic E-state index is -4.61. The molecule has 0 spiro atoms. The van der Waals surface area contributed by atoms with E-state index in [0.29, 0.717) is 11.1 Å². The van der Waals surface area contributed by atoms with Crippen molar-refractivity contribution in [2.45, 2.75) is 33.9 Å². The average molecular weight is 276 g/mol. The van der Waals surface area contributed by atoms with Gasteiger partial charge in [0.15, 0.2) is 5.78 Å². The van der Waals surface area contributed by atoms with Gasteiger partial charge in [0.25, 0.3) is 0 Å². The number of carbonyl (C=O) groups excluding carboxylic acids is 1. The zero-order chi connectivity index (χ0) is 15.4. The van der Waals surface area contributed by atoms with Crippen LogP contribution in [0.1, 0.15) is 27.7 Å². The van der Waals surface area contributed by atoms with Crippen molar-refractivity contribution in [2.24, 2.45) is 16.6 Å². The Kier molecular flexibility index (Phi) is 5.99. The maximum absolute atomic E-state index is 12.4. The number of carbonyl (C=O) groups is 1. The lowest BCUT2D eigenvalue weighted by Crippen LogP contribution is -2.21. The third kappa shape index (κ3) is 4.89. The lowest BCUT2D eigenvalue weighted by Gasteiger charge is -2.14. The van der Waals surface area contributed by atoms with Gasteiger partial charge in [0.1, 0.15) is 5.70 Å². The van der Waals surface area contributed by atoms with Gasteiger partial charge in [-0.15, -0.1) is 0 Å². The monoisotopic (exact) mass is 276 g/mol. The highest BCUT2D eigenvalue weighted by Crippen LogP contribution is 2.23. The molecule has 0 atom stereocenters. The number of ketones is 1. The van der Waals surface area contributed by atoms with Crippen molar-refractivity contribution in [1.82, 2.24) is 0 Å². The molecule has 3 nitrogen and oxygen atoms in total. The average Bonchev–Trinajstić information content (AvgIpc) is 2.22. The fraction of sp³-hybridized carbons (Fsp3) is 0.538. The number of rotatable bonds is 4. The zero-order valence-corrected chi connectivity index (χ0v) is 11.7. The number of halogens is 3. The van der Waals surface area contributed by atoms with Crippen LogP contribution in [0, 0.1) is 5.92 Å². The van der Waals surface area contributed by atoms with Crippen LogP contribution in [0.15, 0.2) is 27.9 Å². The lowest BCUT2D eigenvalue weighted by molar-refractivity contribution is -0.114. The smallest absolute Gasteiger partial charge is 0.395 e. The zero-order valence-electron chi connectivity index (χ0n) is 11.7. The van der Waals surface area contributed by atoms with Crippen molar-refractivity contribution >= 4 is 11.5 Å². The van der Waals surface area contributed by atoms with E-state index < -0.39 is 11.9 Å². The number of nitrogens with zero attached hydrogens (tertiary/aromatic N) is 1. The molecule has 0 aliphatic heterocycles. The number of allylic oxidation sites excluding steroid dienone is 4. The van der Waals surface area contributed by atoms with Gasteiger partial charge in [-0.1, -0.05) is 13.8 Å². The Morgan fingerprint density at radius 1 is 1.26 bits per heavy atom. The molecule has 0 amide bonds. The normalized spacial score (nSPS) is 15.6. The molecule has 0 saturated carbocycles. The topological polar surface area (TPSA) is 55.4 Å². The Morgan fingerprint density at radius 3 is 2.00 bits per heavy atom. The Morgan fingerprint density at radius 2 is 1.74 bits per heavy atom. The maximum Gasteiger partial charge on any atom is 0.430 e. The number of hydrogen-bond acceptors (Lipinski definition) is 3. The maximum atomic E-state index is 12.4. The van der Waals surface area contributed by atoms with E-state index in [1.165, 1.54) is 14.0 Å². The molecule has 0 aromatic rings. The molecule has 0 radical (unpaired) electrons. The molecule has 0 heterocycles. The molecule has 0 unspecified atom stereocenters. The van der Waals surface area contributed by atoms with Gasteiger partial charge >= 0.3 is 6.18 Å². The summed E-state index contributed by atoms with van der Waals surface area (Å²) in [6.45, 7) is 6.54. The molecule has 0 aromatic carbocycles. The number of nitrogens with two attached hydrogens (primary N) is 1. The third-order valence-electron chi connectivity index (χ3n) is 2.61. The van der Waals surface area contributed by atoms with Gasteiger partial charge in [0, 0.05) is 12.6 Å². The predicted molar refractivity (Wildman–Crippen MR) is 69.9 cm³/mol. The first-order chi connectivity index (χ1) is 8.52. The van der Waals surface area contributed by atoms with Crippen molar-refractivity contribution in [1.29, 1.82) is 0 Å². The summed E-state index contributed by atoms with van der Waals surface area (Å²) in [5.41, 5.74) is 4.66. The van der Waals surface area contributed by atoms with E-state index in [4.69, 9.17) is 5.73 Å². The van der Waals surface area contributed by atoms with E-state index in [1.54, 1.807) is 20.8 Å². The second kappa shape index (κ2) is 6.54. The fourth-order valence-corrected chi connectivity index (χ4v) is 1.81. The number of hydrogen-bond donors (Lipinski definition) is 1. The molecular formula is C13H19F3N2O. The molecule has 0 fully saturated rings. The van der Waals surface area contributed by atoms with Gasteiger partial charge in [0.05, 0.1) is 5.71 Å². The summed E-state index contributed by atoms with van der Waals surface area (Å²) in [4.78, 5) is 15.3. The van der Waals surface area contributed by atoms with Crippen LogP contribution in [0.2, 0.25) is 0 Å². The van der Waals surface area contributed by atoms with Crippen LogP contribution in [0.25, 0.3) is 0 Å². The van der Waals surface area contributed by atoms with Crippen LogP contribution in [-0.4, -0.2) is 24.7 Å². The van der Waals surface area contributed by atoms with Crippen LogP contribution in [0.5, 0.6) is 0 Å². The SMILES string of the molecule is CN=C(C=C(N)C(F)(F)F)/C(C)=C(/C(C)=O)C(C)C. The van der Waals surface area contributed by atoms with E-state index >= 15 is 0 Å². The number of aliphatic imine (C=N–C) groups is 1. The summed E-state index contributed by atoms with van der Waals surface area (Å²) >= 11 is 0. The second-order valence-electron chi connectivity index (χ2n) is 4.46. The Balaban J connectivity index is 5.77. The van der Waals surface area contributed by atoms with Crippen LogP contribution in [0.3, 0.4) is 0 Å². The van der Waals surface area contributed by atoms with Gasteiger partial charge in [-0.25, -0.2) is 0 Å². The van der Waals surface area contributed by atoms with Crippen LogP contribution in [0.4, 0.5) is 13.2 Å². The van der Waals surface area contributed by atoms with Gasteiger partial charge in [-0.05, 0) is 31.4 Å². The molecule has 2 N–H and O–H groups in total. The van der Waals surface area contributed by atoms with Gasteiger partial charge in [-0.3, -0.25) is 9.79 Å². The second-order valence-corrected chi connectivity index (χ2v) is 4.46. The first-order valence-corrected chi connectivity index (χ1v) is 5.75. The predicted octanol–water partition coefficient (Wildman–Crippen LogP) is 3.02. The summed E-state index contributed by atoms with van der Waals surface area (Å²) in [6.07, 6.45) is -3.86. The molecule has 0 bridgehead atoms. The summed E-state index contributed by atoms with van der Waals surface area (Å²) in [5, 5.41) is 0. The van der Waals surface area contributed by atoms with Crippen LogP contribution >= 0.6 is 0 Å². The van der Waals surface area contributed by atoms with Crippen LogP contribution < -0.4 is 5.73 Å². The molecule has 0 aliphatic rings. The molecule has 0 aromatic heterocycles. The third-order valence-corrected chi connectivity index (χ3v) is 2.61. The molecular weight excluding hydrogens is 257 g/mol. The fourth-order valence-electron chi connectivity index (χ4n) is 1.81. The molecule has 0 aliphatic carbocycles. The standard InChI is InChI=1S/C13H19F3N2O/c1-7(2)12(9(4)19)8(3)10(18-5)6-11(17)13(14,15)16/h6-7H,17H2,1-5H3/b11-6?,12-8+,18-10?. The van der Waals surface area contributed by atoms with E-state index in [-0.39, 0.29) is 17.4 Å². The highest BCUT2D eigenvalue weighted by Gasteiger charge is 2.32. The largest absolute Gasteiger partial charge is 0.430 e. The molecule has 108 valence electrons. The Hall–Kier alpha value is -1.59. The number of Topliss-reactive ketones (excluding diaryl/α,β-unsaturated/α-hetero) is 1. The van der Waals surface area contributed by atoms with E-state index in [9.17, 15) is 18.0 Å². The van der Waals surface area contributed by atoms with Crippen molar-refractivity contribution in [2.75, 3.05) is 7.05 Å². The lowest BCUT2D eigenvalue weighted by atomic mass is 9.92. The highest BCUT2D eigenvalue weighted by atomic mass is 19.4. The van der Waals surface area contributed by atoms with Crippen molar-refractivity contribution in [3.63, 3.8) is 0 Å². The van der Waals surface area contributed by atoms with Gasteiger partial charge in [0.2, 0.25) is 0 Å².